The normalized spacial score (nSPS) is 15.2. The lowest BCUT2D eigenvalue weighted by molar-refractivity contribution is 0.735. The molecular weight excluding hydrogens is 254 g/mol. The molecule has 1 aromatic carbocycles. The first-order chi connectivity index (χ1) is 8.18. The predicted molar refractivity (Wildman–Crippen MR) is 70.9 cm³/mol. The van der Waals surface area contributed by atoms with Gasteiger partial charge in [-0.3, -0.25) is 9.67 Å². The molecule has 1 saturated carbocycles. The van der Waals surface area contributed by atoms with Crippen molar-refractivity contribution in [1.29, 1.82) is 0 Å². The Labute approximate surface area is 109 Å². The fourth-order valence-electron chi connectivity index (χ4n) is 1.99. The second-order valence-corrected chi connectivity index (χ2v) is 5.15. The molecule has 1 aromatic heterocycles. The average Bonchev–Trinajstić information content (AvgIpc) is 3.07. The number of aryl methyl sites for hydroxylation is 1. The summed E-state index contributed by atoms with van der Waals surface area (Å²) in [5.41, 5.74) is 2.01. The van der Waals surface area contributed by atoms with Crippen LogP contribution < -0.4 is 0 Å². The van der Waals surface area contributed by atoms with Crippen LogP contribution in [0.15, 0.2) is 18.2 Å². The third-order valence-electron chi connectivity index (χ3n) is 3.05. The maximum absolute atomic E-state index is 6.33. The van der Waals surface area contributed by atoms with Gasteiger partial charge in [0.2, 0.25) is 0 Å². The lowest BCUT2D eigenvalue weighted by Gasteiger charge is -2.08. The molecule has 1 N–H and O–H groups in total. The minimum atomic E-state index is 0.493. The van der Waals surface area contributed by atoms with Crippen LogP contribution >= 0.6 is 23.8 Å². The van der Waals surface area contributed by atoms with E-state index in [1.165, 1.54) is 12.8 Å². The molecule has 1 aliphatic rings. The van der Waals surface area contributed by atoms with Crippen LogP contribution in [0.5, 0.6) is 0 Å². The average molecular weight is 266 g/mol. The van der Waals surface area contributed by atoms with Crippen molar-refractivity contribution in [3.8, 4) is 11.4 Å². The van der Waals surface area contributed by atoms with Crippen molar-refractivity contribution in [2.45, 2.75) is 25.8 Å². The molecular formula is C12H12ClN3S. The summed E-state index contributed by atoms with van der Waals surface area (Å²) in [6.45, 7) is 1.99. The van der Waals surface area contributed by atoms with Crippen molar-refractivity contribution in [2.24, 2.45) is 0 Å². The summed E-state index contributed by atoms with van der Waals surface area (Å²) in [6, 6.07) is 6.46. The fourth-order valence-corrected chi connectivity index (χ4v) is 2.48. The topological polar surface area (TPSA) is 33.6 Å². The van der Waals surface area contributed by atoms with Crippen molar-refractivity contribution in [3.63, 3.8) is 0 Å². The highest BCUT2D eigenvalue weighted by atomic mass is 35.5. The Balaban J connectivity index is 2.21. The summed E-state index contributed by atoms with van der Waals surface area (Å²) in [4.78, 5) is 0. The standard InChI is InChI=1S/C12H12ClN3S/c1-7-3-2-4-9(10(7)13)11-14-15-12(17)16(11)8-5-6-8/h2-4,8H,5-6H2,1H3,(H,15,17). The maximum atomic E-state index is 6.33. The van der Waals surface area contributed by atoms with Crippen molar-refractivity contribution < 1.29 is 0 Å². The van der Waals surface area contributed by atoms with Crippen LogP contribution in [0, 0.1) is 11.7 Å². The molecule has 1 fully saturated rings. The Morgan fingerprint density at radius 3 is 2.94 bits per heavy atom. The van der Waals surface area contributed by atoms with Gasteiger partial charge in [0, 0.05) is 11.6 Å². The molecule has 88 valence electrons. The molecule has 5 heteroatoms. The lowest BCUT2D eigenvalue weighted by Crippen LogP contribution is -1.98. The van der Waals surface area contributed by atoms with E-state index in [1.54, 1.807) is 0 Å². The van der Waals surface area contributed by atoms with Crippen LogP contribution in [0.3, 0.4) is 0 Å². The summed E-state index contributed by atoms with van der Waals surface area (Å²) in [5, 5.41) is 7.92. The second-order valence-electron chi connectivity index (χ2n) is 4.39. The van der Waals surface area contributed by atoms with Gasteiger partial charge in [0.1, 0.15) is 0 Å². The van der Waals surface area contributed by atoms with Crippen LogP contribution in [0.4, 0.5) is 0 Å². The molecule has 0 spiro atoms. The molecule has 1 aliphatic carbocycles. The lowest BCUT2D eigenvalue weighted by atomic mass is 10.1. The first-order valence-corrected chi connectivity index (χ1v) is 6.39. The van der Waals surface area contributed by atoms with Gasteiger partial charge >= 0.3 is 0 Å². The second kappa shape index (κ2) is 3.96. The van der Waals surface area contributed by atoms with Crippen LogP contribution in [0.25, 0.3) is 11.4 Å². The number of aromatic nitrogens is 3. The molecule has 0 amide bonds. The molecule has 3 rings (SSSR count). The predicted octanol–water partition coefficient (Wildman–Crippen LogP) is 3.90. The first-order valence-electron chi connectivity index (χ1n) is 5.61. The Bertz CT molecular complexity index is 625. The van der Waals surface area contributed by atoms with E-state index >= 15 is 0 Å². The van der Waals surface area contributed by atoms with E-state index in [2.05, 4.69) is 14.8 Å². The van der Waals surface area contributed by atoms with Gasteiger partial charge in [-0.05, 0) is 43.6 Å². The third kappa shape index (κ3) is 1.81. The van der Waals surface area contributed by atoms with Gasteiger partial charge in [0.25, 0.3) is 0 Å². The van der Waals surface area contributed by atoms with E-state index in [0.29, 0.717) is 10.8 Å². The van der Waals surface area contributed by atoms with Crippen molar-refractivity contribution in [3.05, 3.63) is 33.6 Å². The summed E-state index contributed by atoms with van der Waals surface area (Å²) in [6.07, 6.45) is 2.34. The number of hydrogen-bond donors (Lipinski definition) is 1. The van der Waals surface area contributed by atoms with Crippen LogP contribution in [0.2, 0.25) is 5.02 Å². The molecule has 17 heavy (non-hydrogen) atoms. The Morgan fingerprint density at radius 1 is 1.47 bits per heavy atom. The van der Waals surface area contributed by atoms with E-state index in [1.807, 2.05) is 25.1 Å². The molecule has 0 atom stereocenters. The van der Waals surface area contributed by atoms with Gasteiger partial charge in [-0.1, -0.05) is 23.7 Å². The molecule has 0 aliphatic heterocycles. The van der Waals surface area contributed by atoms with Gasteiger partial charge in [-0.25, -0.2) is 0 Å². The summed E-state index contributed by atoms with van der Waals surface area (Å²) in [7, 11) is 0. The molecule has 1 heterocycles. The molecule has 0 unspecified atom stereocenters. The number of nitrogens with zero attached hydrogens (tertiary/aromatic N) is 2. The monoisotopic (exact) mass is 265 g/mol. The van der Waals surface area contributed by atoms with E-state index in [4.69, 9.17) is 23.8 Å². The minimum absolute atomic E-state index is 0.493. The molecule has 0 bridgehead atoms. The number of nitrogens with one attached hydrogen (secondary N) is 1. The largest absolute Gasteiger partial charge is 0.297 e. The molecule has 2 aromatic rings. The van der Waals surface area contributed by atoms with Gasteiger partial charge in [-0.2, -0.15) is 5.10 Å². The molecule has 0 saturated heterocycles. The first kappa shape index (κ1) is 11.0. The smallest absolute Gasteiger partial charge is 0.195 e. The van der Waals surface area contributed by atoms with Gasteiger partial charge in [-0.15, -0.1) is 0 Å². The van der Waals surface area contributed by atoms with E-state index < -0.39 is 0 Å². The quantitative estimate of drug-likeness (QED) is 0.836. The van der Waals surface area contributed by atoms with Gasteiger partial charge in [0.15, 0.2) is 10.6 Å². The van der Waals surface area contributed by atoms with Crippen molar-refractivity contribution >= 4 is 23.8 Å². The summed E-state index contributed by atoms with van der Waals surface area (Å²) >= 11 is 11.6. The zero-order chi connectivity index (χ0) is 12.0. The van der Waals surface area contributed by atoms with Crippen molar-refractivity contribution in [1.82, 2.24) is 14.8 Å². The number of halogens is 1. The zero-order valence-electron chi connectivity index (χ0n) is 9.40. The van der Waals surface area contributed by atoms with E-state index in [-0.39, 0.29) is 0 Å². The van der Waals surface area contributed by atoms with E-state index in [0.717, 1.165) is 22.0 Å². The molecule has 3 nitrogen and oxygen atoms in total. The maximum Gasteiger partial charge on any atom is 0.195 e. The number of H-pyrrole nitrogens is 1. The number of hydrogen-bond acceptors (Lipinski definition) is 2. The van der Waals surface area contributed by atoms with Crippen LogP contribution in [-0.4, -0.2) is 14.8 Å². The van der Waals surface area contributed by atoms with Crippen LogP contribution in [0.1, 0.15) is 24.4 Å². The zero-order valence-corrected chi connectivity index (χ0v) is 11.0. The summed E-state index contributed by atoms with van der Waals surface area (Å²) < 4.78 is 2.76. The highest BCUT2D eigenvalue weighted by molar-refractivity contribution is 7.71. The van der Waals surface area contributed by atoms with Crippen LogP contribution in [-0.2, 0) is 0 Å². The number of benzene rings is 1. The Hall–Kier alpha value is -1.13. The number of rotatable bonds is 2. The van der Waals surface area contributed by atoms with Gasteiger partial charge in [0.05, 0.1) is 5.02 Å². The summed E-state index contributed by atoms with van der Waals surface area (Å²) in [5.74, 6) is 0.853. The van der Waals surface area contributed by atoms with Gasteiger partial charge < -0.3 is 0 Å². The molecule has 0 radical (unpaired) electrons. The highest BCUT2D eigenvalue weighted by Gasteiger charge is 2.28. The Morgan fingerprint density at radius 2 is 2.24 bits per heavy atom. The minimum Gasteiger partial charge on any atom is -0.297 e. The van der Waals surface area contributed by atoms with Crippen molar-refractivity contribution in [2.75, 3.05) is 0 Å². The SMILES string of the molecule is Cc1cccc(-c2n[nH]c(=S)n2C2CC2)c1Cl. The Kier molecular flexibility index (Phi) is 2.56. The van der Waals surface area contributed by atoms with E-state index in [9.17, 15) is 0 Å². The third-order valence-corrected chi connectivity index (χ3v) is 3.84. The highest BCUT2D eigenvalue weighted by Crippen LogP contribution is 2.39. The fraction of sp³-hybridized carbons (Fsp3) is 0.333. The number of aromatic amines is 1.